The van der Waals surface area contributed by atoms with Gasteiger partial charge < -0.3 is 10.1 Å². The van der Waals surface area contributed by atoms with Crippen LogP contribution in [0.1, 0.15) is 70.5 Å². The summed E-state index contributed by atoms with van der Waals surface area (Å²) in [5, 5.41) is 12.8. The first-order valence-electron chi connectivity index (χ1n) is 14.2. The van der Waals surface area contributed by atoms with Gasteiger partial charge in [-0.2, -0.15) is 4.73 Å². The van der Waals surface area contributed by atoms with Crippen molar-refractivity contribution in [3.8, 4) is 0 Å². The number of carbonyl (C=O) groups excluding carboxylic acids is 2. The molecular formula is C32H36Cl2N4O3. The third-order valence-electron chi connectivity index (χ3n) is 8.26. The van der Waals surface area contributed by atoms with Crippen molar-refractivity contribution in [2.75, 3.05) is 26.7 Å². The number of likely N-dealkylation sites (N-methyl/N-ethyl adjacent to an activating group) is 1. The molecule has 0 saturated heterocycles. The minimum absolute atomic E-state index is 0.0246. The number of aromatic nitrogens is 1. The van der Waals surface area contributed by atoms with Crippen molar-refractivity contribution in [3.05, 3.63) is 97.6 Å². The molecule has 1 aliphatic carbocycles. The molecule has 1 atom stereocenters. The largest absolute Gasteiger partial charge is 0.428 e. The highest BCUT2D eigenvalue weighted by molar-refractivity contribution is 6.42. The fourth-order valence-corrected chi connectivity index (χ4v) is 6.45. The Morgan fingerprint density at radius 3 is 2.46 bits per heavy atom. The fraction of sp³-hybridized carbons (Fsp3) is 0.406. The molecule has 1 aromatic heterocycles. The summed E-state index contributed by atoms with van der Waals surface area (Å²) >= 11 is 12.6. The Morgan fingerprint density at radius 1 is 1.00 bits per heavy atom. The number of fused-ring (bicyclic) bond motifs is 2. The van der Waals surface area contributed by atoms with E-state index in [2.05, 4.69) is 9.89 Å². The number of hydrogen-bond donors (Lipinski definition) is 1. The van der Waals surface area contributed by atoms with Crippen LogP contribution in [0.25, 0.3) is 0 Å². The Labute approximate surface area is 251 Å². The molecule has 0 bridgehead atoms. The average molecular weight is 596 g/mol. The van der Waals surface area contributed by atoms with Crippen LogP contribution in [0.5, 0.6) is 0 Å². The second-order valence-electron chi connectivity index (χ2n) is 11.1. The van der Waals surface area contributed by atoms with E-state index in [0.717, 1.165) is 78.6 Å². The lowest BCUT2D eigenvalue weighted by Crippen LogP contribution is -2.40. The van der Waals surface area contributed by atoms with Crippen LogP contribution in [0.2, 0.25) is 10.0 Å². The second kappa shape index (κ2) is 12.8. The summed E-state index contributed by atoms with van der Waals surface area (Å²) in [6.07, 6.45) is 5.11. The fourth-order valence-electron chi connectivity index (χ4n) is 6.14. The lowest BCUT2D eigenvalue weighted by atomic mass is 9.90. The van der Waals surface area contributed by atoms with E-state index in [4.69, 9.17) is 23.2 Å². The number of amides is 2. The van der Waals surface area contributed by atoms with Crippen LogP contribution in [0, 0.1) is 0 Å². The van der Waals surface area contributed by atoms with Gasteiger partial charge in [-0.05, 0) is 68.5 Å². The molecule has 2 heterocycles. The van der Waals surface area contributed by atoms with Gasteiger partial charge in [-0.15, -0.1) is 0 Å². The molecule has 0 saturated carbocycles. The zero-order valence-electron chi connectivity index (χ0n) is 23.6. The van der Waals surface area contributed by atoms with E-state index in [0.29, 0.717) is 35.1 Å². The minimum atomic E-state index is -0.224. The lowest BCUT2D eigenvalue weighted by molar-refractivity contribution is -0.116. The van der Waals surface area contributed by atoms with Gasteiger partial charge in [0.15, 0.2) is 0 Å². The van der Waals surface area contributed by atoms with Gasteiger partial charge in [-0.25, -0.2) is 4.99 Å². The summed E-state index contributed by atoms with van der Waals surface area (Å²) in [5.74, 6) is -0.231. The Balaban J connectivity index is 1.39. The van der Waals surface area contributed by atoms with E-state index < -0.39 is 0 Å². The maximum absolute atomic E-state index is 13.2. The normalized spacial score (nSPS) is 16.1. The predicted octanol–water partition coefficient (Wildman–Crippen LogP) is 5.66. The molecule has 2 amide bonds. The molecule has 0 fully saturated rings. The van der Waals surface area contributed by atoms with E-state index >= 15 is 0 Å². The SMILES string of the molecule is CC(=O)N=c1c2c(n(O)c3c1CN(CCC(CN(C)C(=O)c1ccccc1)c1ccc(Cl)c(Cl)c1)CC3)CCCC2. The molecule has 2 aliphatic rings. The van der Waals surface area contributed by atoms with Crippen LogP contribution in [0.3, 0.4) is 0 Å². The monoisotopic (exact) mass is 594 g/mol. The van der Waals surface area contributed by atoms with Gasteiger partial charge in [0.2, 0.25) is 5.91 Å². The zero-order chi connectivity index (χ0) is 29.1. The van der Waals surface area contributed by atoms with E-state index in [1.54, 1.807) is 11.0 Å². The number of benzene rings is 2. The zero-order valence-corrected chi connectivity index (χ0v) is 25.1. The molecule has 41 heavy (non-hydrogen) atoms. The van der Waals surface area contributed by atoms with E-state index in [9.17, 15) is 14.8 Å². The second-order valence-corrected chi connectivity index (χ2v) is 11.9. The summed E-state index contributed by atoms with van der Waals surface area (Å²) in [4.78, 5) is 33.8. The van der Waals surface area contributed by atoms with Crippen molar-refractivity contribution in [1.29, 1.82) is 0 Å². The average Bonchev–Trinajstić information content (AvgIpc) is 2.98. The van der Waals surface area contributed by atoms with Crippen LogP contribution in [0.4, 0.5) is 0 Å². The summed E-state index contributed by atoms with van der Waals surface area (Å²) < 4.78 is 1.38. The third-order valence-corrected chi connectivity index (χ3v) is 9.00. The summed E-state index contributed by atoms with van der Waals surface area (Å²) in [6.45, 7) is 4.14. The summed E-state index contributed by atoms with van der Waals surface area (Å²) in [6, 6.07) is 15.0. The van der Waals surface area contributed by atoms with Crippen molar-refractivity contribution in [2.45, 2.75) is 57.9 Å². The third kappa shape index (κ3) is 6.53. The first-order valence-corrected chi connectivity index (χ1v) is 15.0. The van der Waals surface area contributed by atoms with Gasteiger partial charge >= 0.3 is 0 Å². The van der Waals surface area contributed by atoms with E-state index in [-0.39, 0.29) is 17.7 Å². The van der Waals surface area contributed by atoms with Crippen LogP contribution in [0.15, 0.2) is 53.5 Å². The van der Waals surface area contributed by atoms with Gasteiger partial charge in [-0.3, -0.25) is 14.5 Å². The molecule has 7 nitrogen and oxygen atoms in total. The molecule has 9 heteroatoms. The van der Waals surface area contributed by atoms with Crippen LogP contribution >= 0.6 is 23.2 Å². The highest BCUT2D eigenvalue weighted by Gasteiger charge is 2.28. The molecule has 1 N–H and O–H groups in total. The topological polar surface area (TPSA) is 78.1 Å². The minimum Gasteiger partial charge on any atom is -0.428 e. The number of hydrogen-bond acceptors (Lipinski definition) is 4. The standard InChI is InChI=1S/C32H36Cl2N4O3/c1-21(39)35-31-25-10-6-7-11-29(25)38(41)30-15-17-37(20-26(30)31)16-14-24(23-12-13-27(33)28(34)18-23)19-36(2)32(40)22-8-4-3-5-9-22/h3-5,8-9,12-13,18,24,41H,6-7,10-11,14-17,19-20H2,1-2H3. The van der Waals surface area contributed by atoms with Gasteiger partial charge in [-0.1, -0.05) is 47.5 Å². The molecular weight excluding hydrogens is 559 g/mol. The van der Waals surface area contributed by atoms with Crippen LogP contribution < -0.4 is 5.36 Å². The van der Waals surface area contributed by atoms with Gasteiger partial charge in [0.1, 0.15) is 0 Å². The van der Waals surface area contributed by atoms with Crippen LogP contribution in [-0.2, 0) is 30.6 Å². The number of pyridine rings is 1. The quantitative estimate of drug-likeness (QED) is 0.358. The maximum atomic E-state index is 13.2. The highest BCUT2D eigenvalue weighted by atomic mass is 35.5. The first kappa shape index (κ1) is 29.4. The Morgan fingerprint density at radius 2 is 1.73 bits per heavy atom. The molecule has 216 valence electrons. The summed E-state index contributed by atoms with van der Waals surface area (Å²) in [5.41, 5.74) is 5.38. The van der Waals surface area contributed by atoms with Gasteiger partial charge in [0.05, 0.1) is 26.8 Å². The number of carbonyl (C=O) groups is 2. The Kier molecular flexibility index (Phi) is 9.17. The highest BCUT2D eigenvalue weighted by Crippen LogP contribution is 2.30. The van der Waals surface area contributed by atoms with E-state index in [1.165, 1.54) is 11.7 Å². The molecule has 1 unspecified atom stereocenters. The molecule has 2 aromatic carbocycles. The van der Waals surface area contributed by atoms with Gasteiger partial charge in [0.25, 0.3) is 5.91 Å². The van der Waals surface area contributed by atoms with Crippen molar-refractivity contribution in [1.82, 2.24) is 14.5 Å². The van der Waals surface area contributed by atoms with Crippen molar-refractivity contribution in [3.63, 3.8) is 0 Å². The molecule has 5 rings (SSSR count). The number of nitrogens with zero attached hydrogens (tertiary/aromatic N) is 4. The maximum Gasteiger partial charge on any atom is 0.253 e. The van der Waals surface area contributed by atoms with Gasteiger partial charge in [0, 0.05) is 62.6 Å². The molecule has 3 aromatic rings. The number of rotatable bonds is 7. The van der Waals surface area contributed by atoms with Crippen LogP contribution in [-0.4, -0.2) is 58.2 Å². The smallest absolute Gasteiger partial charge is 0.253 e. The lowest BCUT2D eigenvalue weighted by Gasteiger charge is -2.33. The van der Waals surface area contributed by atoms with Crippen molar-refractivity contribution >= 4 is 35.0 Å². The Bertz CT molecular complexity index is 1520. The van der Waals surface area contributed by atoms with E-state index in [1.807, 2.05) is 49.5 Å². The predicted molar refractivity (Wildman–Crippen MR) is 161 cm³/mol. The molecule has 0 spiro atoms. The molecule has 0 radical (unpaired) electrons. The van der Waals surface area contributed by atoms with Crippen molar-refractivity contribution < 1.29 is 14.8 Å². The first-order chi connectivity index (χ1) is 19.7. The number of halogens is 2. The summed E-state index contributed by atoms with van der Waals surface area (Å²) in [7, 11) is 1.83. The van der Waals surface area contributed by atoms with Crippen molar-refractivity contribution in [2.24, 2.45) is 4.99 Å². The molecule has 1 aliphatic heterocycles. The Hall–Kier alpha value is -3.13.